The third kappa shape index (κ3) is 5.19. The van der Waals surface area contributed by atoms with E-state index in [1.54, 1.807) is 0 Å². The Morgan fingerprint density at radius 1 is 1.09 bits per heavy atom. The van der Waals surface area contributed by atoms with Crippen LogP contribution in [-0.4, -0.2) is 30.6 Å². The third-order valence-electron chi connectivity index (χ3n) is 6.15. The summed E-state index contributed by atoms with van der Waals surface area (Å²) in [5.41, 5.74) is 7.48. The number of methoxy groups -OCH3 is 1. The summed E-state index contributed by atoms with van der Waals surface area (Å²) in [5, 5.41) is 6.81. The van der Waals surface area contributed by atoms with Gasteiger partial charge in [-0.2, -0.15) is 0 Å². The average molecular weight is 444 g/mol. The summed E-state index contributed by atoms with van der Waals surface area (Å²) >= 11 is 0. The lowest BCUT2D eigenvalue weighted by molar-refractivity contribution is 0.0601. The molecule has 4 rings (SSSR count). The minimum absolute atomic E-state index is 0.332. The number of carbonyl (C=O) groups excluding carboxylic acids is 1. The molecule has 0 bridgehead atoms. The van der Waals surface area contributed by atoms with Crippen LogP contribution in [-0.2, 0) is 4.74 Å². The third-order valence-corrected chi connectivity index (χ3v) is 6.15. The van der Waals surface area contributed by atoms with E-state index in [1.807, 2.05) is 32.2 Å². The fraction of sp³-hybridized carbons (Fsp3) is 0.357. The smallest absolute Gasteiger partial charge is 0.338 e. The lowest BCUT2D eigenvalue weighted by atomic mass is 9.87. The number of hydrogen-bond donors (Lipinski definition) is 2. The predicted octanol–water partition coefficient (Wildman–Crippen LogP) is 6.46. The number of rotatable bonds is 8. The first kappa shape index (κ1) is 22.8. The molecule has 5 heteroatoms. The topological polar surface area (TPSA) is 63.2 Å². The number of benzene rings is 2. The van der Waals surface area contributed by atoms with Crippen molar-refractivity contribution in [2.75, 3.05) is 24.3 Å². The normalized spacial score (nSPS) is 13.2. The SMILES string of the molecule is COC(=O)c1c(C)c(-c2ccc(NC(C)C)cc2)cc(C)c1-c1ccc(NCC2CC2)nc1. The van der Waals surface area contributed by atoms with Gasteiger partial charge in [-0.15, -0.1) is 0 Å². The van der Waals surface area contributed by atoms with Crippen LogP contribution in [0.1, 0.15) is 48.2 Å². The van der Waals surface area contributed by atoms with Crippen LogP contribution >= 0.6 is 0 Å². The molecule has 0 radical (unpaired) electrons. The second-order valence-electron chi connectivity index (χ2n) is 9.24. The highest BCUT2D eigenvalue weighted by Crippen LogP contribution is 2.37. The van der Waals surface area contributed by atoms with Crippen molar-refractivity contribution >= 4 is 17.5 Å². The van der Waals surface area contributed by atoms with Crippen LogP contribution in [0.5, 0.6) is 0 Å². The second-order valence-corrected chi connectivity index (χ2v) is 9.24. The van der Waals surface area contributed by atoms with Gasteiger partial charge in [-0.3, -0.25) is 0 Å². The van der Waals surface area contributed by atoms with E-state index < -0.39 is 0 Å². The minimum atomic E-state index is -0.332. The number of nitrogens with zero attached hydrogens (tertiary/aromatic N) is 1. The highest BCUT2D eigenvalue weighted by atomic mass is 16.5. The average Bonchev–Trinajstić information content (AvgIpc) is 3.63. The van der Waals surface area contributed by atoms with E-state index in [0.29, 0.717) is 11.6 Å². The summed E-state index contributed by atoms with van der Waals surface area (Å²) in [7, 11) is 1.43. The van der Waals surface area contributed by atoms with Gasteiger partial charge in [-0.1, -0.05) is 18.2 Å². The number of esters is 1. The fourth-order valence-electron chi connectivity index (χ4n) is 4.24. The van der Waals surface area contributed by atoms with E-state index in [4.69, 9.17) is 4.74 Å². The number of aromatic nitrogens is 1. The largest absolute Gasteiger partial charge is 0.465 e. The molecule has 1 aliphatic carbocycles. The van der Waals surface area contributed by atoms with Gasteiger partial charge in [0.25, 0.3) is 0 Å². The van der Waals surface area contributed by atoms with Crippen molar-refractivity contribution in [3.8, 4) is 22.3 Å². The first-order valence-corrected chi connectivity index (χ1v) is 11.7. The number of aryl methyl sites for hydroxylation is 1. The Labute approximate surface area is 196 Å². The maximum atomic E-state index is 12.9. The molecule has 3 aromatic rings. The van der Waals surface area contributed by atoms with Crippen molar-refractivity contribution in [3.05, 3.63) is 65.4 Å². The molecule has 1 heterocycles. The van der Waals surface area contributed by atoms with Gasteiger partial charge in [0.05, 0.1) is 12.7 Å². The molecule has 1 aliphatic rings. The molecule has 0 unspecified atom stereocenters. The highest BCUT2D eigenvalue weighted by molar-refractivity contribution is 6.02. The molecule has 2 N–H and O–H groups in total. The molecule has 1 aromatic heterocycles. The van der Waals surface area contributed by atoms with Crippen LogP contribution in [0.4, 0.5) is 11.5 Å². The van der Waals surface area contributed by atoms with Gasteiger partial charge in [0.1, 0.15) is 5.82 Å². The zero-order chi connectivity index (χ0) is 23.5. The minimum Gasteiger partial charge on any atom is -0.465 e. The van der Waals surface area contributed by atoms with Crippen LogP contribution in [0.2, 0.25) is 0 Å². The quantitative estimate of drug-likeness (QED) is 0.391. The first-order valence-electron chi connectivity index (χ1n) is 11.7. The number of pyridine rings is 1. The summed E-state index contributed by atoms with van der Waals surface area (Å²) < 4.78 is 5.20. The Kier molecular flexibility index (Phi) is 6.68. The molecule has 0 spiro atoms. The molecule has 0 saturated heterocycles. The molecule has 172 valence electrons. The van der Waals surface area contributed by atoms with E-state index in [2.05, 4.69) is 59.8 Å². The molecule has 33 heavy (non-hydrogen) atoms. The fourth-order valence-corrected chi connectivity index (χ4v) is 4.24. The van der Waals surface area contributed by atoms with E-state index >= 15 is 0 Å². The lowest BCUT2D eigenvalue weighted by Gasteiger charge is -2.19. The summed E-state index contributed by atoms with van der Waals surface area (Å²) in [6.07, 6.45) is 4.44. The zero-order valence-electron chi connectivity index (χ0n) is 20.2. The Bertz CT molecular complexity index is 1130. The monoisotopic (exact) mass is 443 g/mol. The van der Waals surface area contributed by atoms with E-state index in [0.717, 1.165) is 57.3 Å². The molecule has 0 aliphatic heterocycles. The summed E-state index contributed by atoms with van der Waals surface area (Å²) in [6, 6.07) is 14.9. The molecular weight excluding hydrogens is 410 g/mol. The van der Waals surface area contributed by atoms with Crippen molar-refractivity contribution in [1.82, 2.24) is 4.98 Å². The molecule has 5 nitrogen and oxygen atoms in total. The number of anilines is 2. The van der Waals surface area contributed by atoms with Crippen molar-refractivity contribution < 1.29 is 9.53 Å². The van der Waals surface area contributed by atoms with E-state index in [-0.39, 0.29) is 5.97 Å². The van der Waals surface area contributed by atoms with Crippen LogP contribution in [0.25, 0.3) is 22.3 Å². The highest BCUT2D eigenvalue weighted by Gasteiger charge is 2.23. The van der Waals surface area contributed by atoms with Crippen molar-refractivity contribution in [2.45, 2.75) is 46.6 Å². The maximum absolute atomic E-state index is 12.9. The Morgan fingerprint density at radius 3 is 2.36 bits per heavy atom. The van der Waals surface area contributed by atoms with E-state index in [9.17, 15) is 4.79 Å². The van der Waals surface area contributed by atoms with Crippen LogP contribution in [0, 0.1) is 19.8 Å². The van der Waals surface area contributed by atoms with Crippen LogP contribution in [0.3, 0.4) is 0 Å². The summed E-state index contributed by atoms with van der Waals surface area (Å²) in [5.74, 6) is 1.32. The molecule has 2 aromatic carbocycles. The second kappa shape index (κ2) is 9.65. The van der Waals surface area contributed by atoms with Gasteiger partial charge in [0.15, 0.2) is 0 Å². The van der Waals surface area contributed by atoms with Gasteiger partial charge < -0.3 is 15.4 Å². The lowest BCUT2D eigenvalue weighted by Crippen LogP contribution is -2.10. The number of hydrogen-bond acceptors (Lipinski definition) is 5. The predicted molar refractivity (Wildman–Crippen MR) is 136 cm³/mol. The Hall–Kier alpha value is -3.34. The van der Waals surface area contributed by atoms with Gasteiger partial charge in [-0.05, 0) is 93.0 Å². The van der Waals surface area contributed by atoms with Crippen LogP contribution < -0.4 is 10.6 Å². The van der Waals surface area contributed by atoms with Gasteiger partial charge in [0, 0.05) is 35.6 Å². The van der Waals surface area contributed by atoms with Gasteiger partial charge in [0.2, 0.25) is 0 Å². The summed E-state index contributed by atoms with van der Waals surface area (Å²) in [4.78, 5) is 17.5. The van der Waals surface area contributed by atoms with Gasteiger partial charge in [-0.25, -0.2) is 9.78 Å². The number of nitrogens with one attached hydrogen (secondary N) is 2. The van der Waals surface area contributed by atoms with Crippen LogP contribution in [0.15, 0.2) is 48.7 Å². The molecular formula is C28H33N3O2. The molecule has 0 atom stereocenters. The van der Waals surface area contributed by atoms with E-state index in [1.165, 1.54) is 20.0 Å². The molecule has 0 amide bonds. The maximum Gasteiger partial charge on any atom is 0.338 e. The van der Waals surface area contributed by atoms with Crippen molar-refractivity contribution in [2.24, 2.45) is 5.92 Å². The summed E-state index contributed by atoms with van der Waals surface area (Å²) in [6.45, 7) is 9.24. The number of carbonyl (C=O) groups is 1. The molecule has 1 fully saturated rings. The first-order chi connectivity index (χ1) is 15.9. The Morgan fingerprint density at radius 2 is 1.79 bits per heavy atom. The standard InChI is InChI=1S/C28H33N3O2/c1-17(2)31-23-11-8-21(9-12-23)24-14-18(3)26(27(19(24)4)28(32)33-5)22-10-13-25(30-16-22)29-15-20-6-7-20/h8-14,16-17,20,31H,6-7,15H2,1-5H3,(H,29,30). The van der Waals surface area contributed by atoms with Gasteiger partial charge >= 0.3 is 5.97 Å². The zero-order valence-corrected chi connectivity index (χ0v) is 20.2. The number of ether oxygens (including phenoxy) is 1. The van der Waals surface area contributed by atoms with Crippen molar-refractivity contribution in [1.29, 1.82) is 0 Å². The molecule has 1 saturated carbocycles. The van der Waals surface area contributed by atoms with Crippen molar-refractivity contribution in [3.63, 3.8) is 0 Å². The Balaban J connectivity index is 1.72.